The first-order chi connectivity index (χ1) is 14.7. The normalized spacial score (nSPS) is 22.6. The van der Waals surface area contributed by atoms with Crippen molar-refractivity contribution in [2.45, 2.75) is 78.6 Å². The highest BCUT2D eigenvalue weighted by atomic mass is 14.7. The molecule has 162 valence electrons. The van der Waals surface area contributed by atoms with E-state index in [0.29, 0.717) is 22.2 Å². The molecule has 31 heavy (non-hydrogen) atoms. The quantitative estimate of drug-likeness (QED) is 0.410. The van der Waals surface area contributed by atoms with Crippen molar-refractivity contribution in [1.82, 2.24) is 4.98 Å². The van der Waals surface area contributed by atoms with E-state index in [2.05, 4.69) is 82.3 Å². The predicted molar refractivity (Wildman–Crippen MR) is 132 cm³/mol. The third-order valence-corrected chi connectivity index (χ3v) is 8.02. The molecule has 0 saturated heterocycles. The fraction of sp³-hybridized carbons (Fsp3) is 0.500. The van der Waals surface area contributed by atoms with Gasteiger partial charge in [-0.1, -0.05) is 76.2 Å². The van der Waals surface area contributed by atoms with Crippen LogP contribution in [0.2, 0.25) is 0 Å². The Bertz CT molecular complexity index is 1050. The summed E-state index contributed by atoms with van der Waals surface area (Å²) < 4.78 is 0. The Morgan fingerprint density at radius 3 is 2.13 bits per heavy atom. The second-order valence-electron chi connectivity index (χ2n) is 12.1. The van der Waals surface area contributed by atoms with Gasteiger partial charge in [-0.05, 0) is 84.1 Å². The first-order valence-electron chi connectivity index (χ1n) is 12.2. The van der Waals surface area contributed by atoms with Crippen molar-refractivity contribution < 1.29 is 0 Å². The van der Waals surface area contributed by atoms with Crippen LogP contribution < -0.4 is 0 Å². The number of benzene rings is 2. The van der Waals surface area contributed by atoms with E-state index in [4.69, 9.17) is 4.98 Å². The molecular formula is C30H37N. The summed E-state index contributed by atoms with van der Waals surface area (Å²) in [6, 6.07) is 19.9. The van der Waals surface area contributed by atoms with Gasteiger partial charge in [-0.2, -0.15) is 0 Å². The van der Waals surface area contributed by atoms with E-state index in [1.807, 2.05) is 6.20 Å². The van der Waals surface area contributed by atoms with Gasteiger partial charge in [-0.25, -0.2) is 0 Å². The summed E-state index contributed by atoms with van der Waals surface area (Å²) in [4.78, 5) is 4.70. The van der Waals surface area contributed by atoms with Crippen LogP contribution in [0.4, 0.5) is 0 Å². The van der Waals surface area contributed by atoms with Crippen molar-refractivity contribution in [3.8, 4) is 11.3 Å². The minimum atomic E-state index is 0.484. The average Bonchev–Trinajstić information content (AvgIpc) is 2.71. The molecular weight excluding hydrogens is 374 g/mol. The molecule has 3 aromatic rings. The van der Waals surface area contributed by atoms with Crippen LogP contribution in [0.1, 0.15) is 84.1 Å². The molecule has 0 bridgehead atoms. The van der Waals surface area contributed by atoms with E-state index in [0.717, 1.165) is 5.69 Å². The van der Waals surface area contributed by atoms with Gasteiger partial charge in [-0.3, -0.25) is 4.98 Å². The number of fused-ring (bicyclic) bond motifs is 1. The zero-order valence-electron chi connectivity index (χ0n) is 19.7. The SMILES string of the molecule is CC1(C)CC(C)(C)CC2(CCC(c3ccc4c(-c5ccccc5)nccc4c3)CC2)C1. The van der Waals surface area contributed by atoms with Gasteiger partial charge in [-0.15, -0.1) is 0 Å². The molecule has 2 aliphatic carbocycles. The van der Waals surface area contributed by atoms with Crippen LogP contribution in [0.15, 0.2) is 60.8 Å². The van der Waals surface area contributed by atoms with Crippen LogP contribution >= 0.6 is 0 Å². The van der Waals surface area contributed by atoms with Gasteiger partial charge < -0.3 is 0 Å². The number of pyridine rings is 1. The van der Waals surface area contributed by atoms with Crippen molar-refractivity contribution in [2.75, 3.05) is 0 Å². The summed E-state index contributed by atoms with van der Waals surface area (Å²) in [5, 5.41) is 2.59. The van der Waals surface area contributed by atoms with Crippen LogP contribution in [0, 0.1) is 16.2 Å². The Kier molecular flexibility index (Phi) is 5.00. The molecule has 2 fully saturated rings. The van der Waals surface area contributed by atoms with Crippen LogP contribution in [0.25, 0.3) is 22.0 Å². The molecule has 1 spiro atoms. The molecule has 0 aliphatic heterocycles. The van der Waals surface area contributed by atoms with Gasteiger partial charge in [0, 0.05) is 17.1 Å². The second-order valence-corrected chi connectivity index (χ2v) is 12.1. The number of nitrogens with zero attached hydrogens (tertiary/aromatic N) is 1. The van der Waals surface area contributed by atoms with Crippen molar-refractivity contribution in [3.63, 3.8) is 0 Å². The summed E-state index contributed by atoms with van der Waals surface area (Å²) in [5.41, 5.74) is 5.36. The second kappa shape index (κ2) is 7.47. The Balaban J connectivity index is 1.38. The molecule has 2 aliphatic rings. The molecule has 1 heteroatoms. The molecule has 0 amide bonds. The maximum atomic E-state index is 4.70. The standard InChI is InChI=1S/C30H37N/c1-28(2)19-29(3,4)21-30(20-28)15-12-22(13-16-30)24-10-11-26-25(18-24)14-17-31-27(26)23-8-6-5-7-9-23/h5-11,14,17-18,22H,12-13,15-16,19-21H2,1-4H3. The molecule has 2 saturated carbocycles. The van der Waals surface area contributed by atoms with Crippen molar-refractivity contribution in [3.05, 3.63) is 66.4 Å². The van der Waals surface area contributed by atoms with Crippen molar-refractivity contribution in [1.29, 1.82) is 0 Å². The van der Waals surface area contributed by atoms with E-state index >= 15 is 0 Å². The predicted octanol–water partition coefficient (Wildman–Crippen LogP) is 8.78. The Morgan fingerprint density at radius 2 is 1.45 bits per heavy atom. The van der Waals surface area contributed by atoms with E-state index in [-0.39, 0.29) is 0 Å². The summed E-state index contributed by atoms with van der Waals surface area (Å²) in [7, 11) is 0. The molecule has 0 unspecified atom stereocenters. The first kappa shape index (κ1) is 20.7. The minimum absolute atomic E-state index is 0.484. The summed E-state index contributed by atoms with van der Waals surface area (Å²) in [5.74, 6) is 0.705. The van der Waals surface area contributed by atoms with Crippen LogP contribution in [0.3, 0.4) is 0 Å². The van der Waals surface area contributed by atoms with Crippen molar-refractivity contribution in [2.24, 2.45) is 16.2 Å². The smallest absolute Gasteiger partial charge is 0.0780 e. The molecule has 0 radical (unpaired) electrons. The molecule has 5 rings (SSSR count). The topological polar surface area (TPSA) is 12.9 Å². The number of hydrogen-bond acceptors (Lipinski definition) is 1. The first-order valence-corrected chi connectivity index (χ1v) is 12.2. The largest absolute Gasteiger partial charge is 0.256 e. The highest BCUT2D eigenvalue weighted by molar-refractivity contribution is 5.94. The lowest BCUT2D eigenvalue weighted by molar-refractivity contribution is -0.0281. The van der Waals surface area contributed by atoms with E-state index in [1.54, 1.807) is 0 Å². The van der Waals surface area contributed by atoms with E-state index < -0.39 is 0 Å². The molecule has 1 aromatic heterocycles. The maximum absolute atomic E-state index is 4.70. The van der Waals surface area contributed by atoms with Gasteiger partial charge in [0.25, 0.3) is 0 Å². The minimum Gasteiger partial charge on any atom is -0.256 e. The lowest BCUT2D eigenvalue weighted by atomic mass is 9.51. The zero-order valence-corrected chi connectivity index (χ0v) is 19.7. The molecule has 1 heterocycles. The fourth-order valence-corrected chi connectivity index (χ4v) is 7.71. The molecule has 1 nitrogen and oxygen atoms in total. The molecule has 0 atom stereocenters. The Hall–Kier alpha value is -2.15. The third-order valence-electron chi connectivity index (χ3n) is 8.02. The van der Waals surface area contributed by atoms with E-state index in [1.165, 1.54) is 66.8 Å². The molecule has 2 aromatic carbocycles. The van der Waals surface area contributed by atoms with Gasteiger partial charge in [0.15, 0.2) is 0 Å². The Labute approximate surface area is 188 Å². The number of hydrogen-bond donors (Lipinski definition) is 0. The monoisotopic (exact) mass is 411 g/mol. The lowest BCUT2D eigenvalue weighted by Crippen LogP contribution is -2.43. The lowest BCUT2D eigenvalue weighted by Gasteiger charge is -2.54. The maximum Gasteiger partial charge on any atom is 0.0780 e. The average molecular weight is 412 g/mol. The Morgan fingerprint density at radius 1 is 0.774 bits per heavy atom. The third kappa shape index (κ3) is 4.16. The highest BCUT2D eigenvalue weighted by Gasteiger charge is 2.48. The van der Waals surface area contributed by atoms with Gasteiger partial charge in [0.1, 0.15) is 0 Å². The summed E-state index contributed by atoms with van der Waals surface area (Å²) >= 11 is 0. The zero-order chi connectivity index (χ0) is 21.7. The van der Waals surface area contributed by atoms with Gasteiger partial charge >= 0.3 is 0 Å². The summed E-state index contributed by atoms with van der Waals surface area (Å²) in [6.07, 6.45) is 11.6. The van der Waals surface area contributed by atoms with Crippen molar-refractivity contribution >= 4 is 10.8 Å². The van der Waals surface area contributed by atoms with Gasteiger partial charge in [0.05, 0.1) is 5.69 Å². The number of aromatic nitrogens is 1. The number of rotatable bonds is 2. The summed E-state index contributed by atoms with van der Waals surface area (Å²) in [6.45, 7) is 10.0. The van der Waals surface area contributed by atoms with Gasteiger partial charge in [0.2, 0.25) is 0 Å². The molecule has 0 N–H and O–H groups in total. The van der Waals surface area contributed by atoms with Crippen LogP contribution in [-0.4, -0.2) is 4.98 Å². The highest BCUT2D eigenvalue weighted by Crippen LogP contribution is 2.60. The fourth-order valence-electron chi connectivity index (χ4n) is 7.71. The van der Waals surface area contributed by atoms with Crippen LogP contribution in [-0.2, 0) is 0 Å². The van der Waals surface area contributed by atoms with E-state index in [9.17, 15) is 0 Å². The van der Waals surface area contributed by atoms with Crippen LogP contribution in [0.5, 0.6) is 0 Å².